The van der Waals surface area contributed by atoms with Crippen molar-refractivity contribution in [1.82, 2.24) is 10.3 Å². The van der Waals surface area contributed by atoms with Crippen molar-refractivity contribution in [2.75, 3.05) is 18.0 Å². The van der Waals surface area contributed by atoms with Gasteiger partial charge in [0.2, 0.25) is 5.91 Å². The molecule has 1 saturated carbocycles. The van der Waals surface area contributed by atoms with Crippen LogP contribution in [0, 0.1) is 5.92 Å². The zero-order chi connectivity index (χ0) is 17.1. The molecule has 0 unspecified atom stereocenters. The van der Waals surface area contributed by atoms with Gasteiger partial charge in [0.15, 0.2) is 5.13 Å². The topological polar surface area (TPSA) is 45.2 Å². The lowest BCUT2D eigenvalue weighted by Gasteiger charge is -2.31. The van der Waals surface area contributed by atoms with E-state index in [0.29, 0.717) is 6.04 Å². The second-order valence-electron chi connectivity index (χ2n) is 7.42. The van der Waals surface area contributed by atoms with Crippen LogP contribution in [0.15, 0.2) is 24.3 Å². The first kappa shape index (κ1) is 16.8. The molecule has 1 aliphatic carbocycles. The van der Waals surface area contributed by atoms with Gasteiger partial charge in [0.1, 0.15) is 0 Å². The summed E-state index contributed by atoms with van der Waals surface area (Å²) in [5.74, 6) is 0.463. The number of para-hydroxylation sites is 1. The summed E-state index contributed by atoms with van der Waals surface area (Å²) < 4.78 is 1.24. The Morgan fingerprint density at radius 1 is 1.04 bits per heavy atom. The first-order valence-corrected chi connectivity index (χ1v) is 10.5. The Kier molecular flexibility index (Phi) is 5.20. The predicted octanol–water partition coefficient (Wildman–Crippen LogP) is 4.35. The van der Waals surface area contributed by atoms with Gasteiger partial charge in [-0.2, -0.15) is 0 Å². The van der Waals surface area contributed by atoms with Crippen LogP contribution in [-0.4, -0.2) is 30.0 Å². The highest BCUT2D eigenvalue weighted by molar-refractivity contribution is 7.22. The third-order valence-corrected chi connectivity index (χ3v) is 6.72. The third kappa shape index (κ3) is 3.97. The van der Waals surface area contributed by atoms with Gasteiger partial charge in [0, 0.05) is 25.0 Å². The Hall–Kier alpha value is -1.62. The number of hydrogen-bond donors (Lipinski definition) is 1. The second-order valence-corrected chi connectivity index (χ2v) is 8.43. The number of aromatic nitrogens is 1. The fourth-order valence-corrected chi connectivity index (χ4v) is 5.09. The molecule has 1 saturated heterocycles. The van der Waals surface area contributed by atoms with Crippen molar-refractivity contribution in [2.24, 2.45) is 5.92 Å². The molecule has 2 fully saturated rings. The normalized spacial score (nSPS) is 20.6. The van der Waals surface area contributed by atoms with E-state index >= 15 is 0 Å². The number of fused-ring (bicyclic) bond motifs is 1. The van der Waals surface area contributed by atoms with Crippen molar-refractivity contribution in [1.29, 1.82) is 0 Å². The average molecular weight is 358 g/mol. The molecule has 0 radical (unpaired) electrons. The number of carbonyl (C=O) groups excluding carboxylic acids is 1. The number of nitrogens with one attached hydrogen (secondary N) is 1. The molecular formula is C20H27N3OS. The van der Waals surface area contributed by atoms with E-state index in [-0.39, 0.29) is 11.8 Å². The van der Waals surface area contributed by atoms with Gasteiger partial charge in [-0.15, -0.1) is 0 Å². The van der Waals surface area contributed by atoms with Gasteiger partial charge in [0.25, 0.3) is 0 Å². The minimum absolute atomic E-state index is 0.175. The van der Waals surface area contributed by atoms with Gasteiger partial charge in [-0.05, 0) is 37.8 Å². The number of rotatable bonds is 3. The summed E-state index contributed by atoms with van der Waals surface area (Å²) in [6.45, 7) is 1.87. The molecule has 2 heterocycles. The minimum Gasteiger partial charge on any atom is -0.353 e. The van der Waals surface area contributed by atoms with Crippen LogP contribution < -0.4 is 10.2 Å². The van der Waals surface area contributed by atoms with Crippen LogP contribution in [-0.2, 0) is 4.79 Å². The summed E-state index contributed by atoms with van der Waals surface area (Å²) in [5, 5.41) is 4.43. The number of hydrogen-bond acceptors (Lipinski definition) is 4. The molecule has 2 aliphatic rings. The number of benzene rings is 1. The molecule has 4 nitrogen and oxygen atoms in total. The zero-order valence-corrected chi connectivity index (χ0v) is 15.6. The monoisotopic (exact) mass is 357 g/mol. The summed E-state index contributed by atoms with van der Waals surface area (Å²) in [4.78, 5) is 19.7. The molecule has 2 aromatic rings. The molecule has 0 atom stereocenters. The van der Waals surface area contributed by atoms with Crippen molar-refractivity contribution in [2.45, 2.75) is 57.4 Å². The Morgan fingerprint density at radius 3 is 2.48 bits per heavy atom. The molecule has 25 heavy (non-hydrogen) atoms. The second kappa shape index (κ2) is 7.73. The Balaban J connectivity index is 1.32. The Bertz CT molecular complexity index is 680. The maximum atomic E-state index is 12.6. The van der Waals surface area contributed by atoms with Crippen molar-refractivity contribution in [3.8, 4) is 0 Å². The third-order valence-electron chi connectivity index (χ3n) is 5.62. The van der Waals surface area contributed by atoms with E-state index in [4.69, 9.17) is 4.98 Å². The largest absolute Gasteiger partial charge is 0.353 e. The molecule has 1 amide bonds. The quantitative estimate of drug-likeness (QED) is 0.831. The molecule has 1 N–H and O–H groups in total. The van der Waals surface area contributed by atoms with E-state index in [1.54, 1.807) is 11.3 Å². The van der Waals surface area contributed by atoms with Crippen molar-refractivity contribution in [3.05, 3.63) is 24.3 Å². The van der Waals surface area contributed by atoms with E-state index in [2.05, 4.69) is 28.4 Å². The minimum atomic E-state index is 0.175. The number of amides is 1. The van der Waals surface area contributed by atoms with Gasteiger partial charge >= 0.3 is 0 Å². The summed E-state index contributed by atoms with van der Waals surface area (Å²) in [5.41, 5.74) is 1.08. The van der Waals surface area contributed by atoms with E-state index < -0.39 is 0 Å². The average Bonchev–Trinajstić information content (AvgIpc) is 2.92. The van der Waals surface area contributed by atoms with Crippen LogP contribution in [0.4, 0.5) is 5.13 Å². The summed E-state index contributed by atoms with van der Waals surface area (Å²) in [6, 6.07) is 8.72. The fraction of sp³-hybridized carbons (Fsp3) is 0.600. The highest BCUT2D eigenvalue weighted by Crippen LogP contribution is 2.31. The number of nitrogens with zero attached hydrogens (tertiary/aromatic N) is 2. The molecule has 134 valence electrons. The smallest absolute Gasteiger partial charge is 0.223 e. The fourth-order valence-electron chi connectivity index (χ4n) is 4.07. The molecule has 0 bridgehead atoms. The van der Waals surface area contributed by atoms with Gasteiger partial charge in [-0.25, -0.2) is 4.98 Å². The van der Waals surface area contributed by atoms with Gasteiger partial charge in [-0.3, -0.25) is 4.79 Å². The summed E-state index contributed by atoms with van der Waals surface area (Å²) in [7, 11) is 0. The van der Waals surface area contributed by atoms with Crippen LogP contribution in [0.1, 0.15) is 51.4 Å². The number of anilines is 1. The van der Waals surface area contributed by atoms with E-state index in [1.807, 2.05) is 6.07 Å². The van der Waals surface area contributed by atoms with Crippen LogP contribution in [0.2, 0.25) is 0 Å². The Labute approximate surface area is 153 Å². The maximum absolute atomic E-state index is 12.6. The molecule has 1 aromatic carbocycles. The SMILES string of the molecule is O=C(NC1CCCCCC1)C1CCN(c2nc3ccccc3s2)CC1. The first-order chi connectivity index (χ1) is 12.3. The number of thiazole rings is 1. The van der Waals surface area contributed by atoms with Crippen molar-refractivity contribution in [3.63, 3.8) is 0 Å². The van der Waals surface area contributed by atoms with E-state index in [0.717, 1.165) is 49.4 Å². The van der Waals surface area contributed by atoms with Crippen LogP contribution in [0.3, 0.4) is 0 Å². The molecule has 1 aliphatic heterocycles. The molecule has 0 spiro atoms. The molecule has 5 heteroatoms. The standard InChI is InChI=1S/C20H27N3OS/c24-19(21-16-7-3-1-2-4-8-16)15-11-13-23(14-12-15)20-22-17-9-5-6-10-18(17)25-20/h5-6,9-10,15-16H,1-4,7-8,11-14H2,(H,21,24). The highest BCUT2D eigenvalue weighted by Gasteiger charge is 2.27. The van der Waals surface area contributed by atoms with Crippen LogP contribution in [0.5, 0.6) is 0 Å². The molecular weight excluding hydrogens is 330 g/mol. The van der Waals surface area contributed by atoms with Crippen molar-refractivity contribution >= 4 is 32.6 Å². The highest BCUT2D eigenvalue weighted by atomic mass is 32.1. The van der Waals surface area contributed by atoms with E-state index in [9.17, 15) is 4.79 Å². The number of carbonyl (C=O) groups is 1. The van der Waals surface area contributed by atoms with E-state index in [1.165, 1.54) is 30.4 Å². The van der Waals surface area contributed by atoms with Crippen LogP contribution >= 0.6 is 11.3 Å². The lowest BCUT2D eigenvalue weighted by atomic mass is 9.95. The zero-order valence-electron chi connectivity index (χ0n) is 14.7. The van der Waals surface area contributed by atoms with Gasteiger partial charge in [0.05, 0.1) is 10.2 Å². The first-order valence-electron chi connectivity index (χ1n) is 9.70. The Morgan fingerprint density at radius 2 is 1.76 bits per heavy atom. The van der Waals surface area contributed by atoms with Crippen molar-refractivity contribution < 1.29 is 4.79 Å². The maximum Gasteiger partial charge on any atom is 0.223 e. The summed E-state index contributed by atoms with van der Waals surface area (Å²) in [6.07, 6.45) is 9.39. The lowest BCUT2D eigenvalue weighted by Crippen LogP contribution is -2.43. The number of piperidine rings is 1. The molecule has 1 aromatic heterocycles. The molecule has 4 rings (SSSR count). The lowest BCUT2D eigenvalue weighted by molar-refractivity contribution is -0.126. The summed E-state index contributed by atoms with van der Waals surface area (Å²) >= 11 is 1.76. The van der Waals surface area contributed by atoms with Gasteiger partial charge < -0.3 is 10.2 Å². The predicted molar refractivity (Wildman–Crippen MR) is 104 cm³/mol. The van der Waals surface area contributed by atoms with Gasteiger partial charge in [-0.1, -0.05) is 49.2 Å². The van der Waals surface area contributed by atoms with Crippen LogP contribution in [0.25, 0.3) is 10.2 Å².